The highest BCUT2D eigenvalue weighted by Gasteiger charge is 1.93. The highest BCUT2D eigenvalue weighted by atomic mass is 16.5. The molecule has 15 heavy (non-hydrogen) atoms. The molecule has 0 aliphatic carbocycles. The molecule has 0 fully saturated rings. The molecule has 0 radical (unpaired) electrons. The number of unbranched alkanes of at least 4 members (excludes halogenated alkanes) is 1. The van der Waals surface area contributed by atoms with E-state index in [1.165, 1.54) is 11.3 Å². The molecule has 0 amide bonds. The Labute approximate surface area is 92.6 Å². The lowest BCUT2D eigenvalue weighted by Crippen LogP contribution is -2.03. The van der Waals surface area contributed by atoms with Crippen molar-refractivity contribution >= 4 is 5.69 Å². The van der Waals surface area contributed by atoms with Crippen molar-refractivity contribution in [2.45, 2.75) is 26.2 Å². The predicted octanol–water partition coefficient (Wildman–Crippen LogP) is 3.09. The lowest BCUT2D eigenvalue weighted by Gasteiger charge is -2.07. The summed E-state index contributed by atoms with van der Waals surface area (Å²) >= 11 is 0. The van der Waals surface area contributed by atoms with Crippen LogP contribution in [0.2, 0.25) is 0 Å². The molecule has 0 aliphatic rings. The Morgan fingerprint density at radius 2 is 2.13 bits per heavy atom. The summed E-state index contributed by atoms with van der Waals surface area (Å²) < 4.78 is 5.00. The minimum absolute atomic E-state index is 0.858. The van der Waals surface area contributed by atoms with E-state index in [4.69, 9.17) is 4.74 Å². The molecule has 2 nitrogen and oxygen atoms in total. The van der Waals surface area contributed by atoms with Crippen LogP contribution in [0.4, 0.5) is 5.69 Å². The summed E-state index contributed by atoms with van der Waals surface area (Å²) in [7, 11) is 1.75. The maximum absolute atomic E-state index is 5.00. The van der Waals surface area contributed by atoms with Crippen LogP contribution in [0.25, 0.3) is 0 Å². The fraction of sp³-hybridized carbons (Fsp3) is 0.538. The number of hydrogen-bond donors (Lipinski definition) is 1. The maximum Gasteiger partial charge on any atom is 0.0462 e. The molecule has 0 spiro atoms. The number of rotatable bonds is 7. The van der Waals surface area contributed by atoms with E-state index in [0.717, 1.165) is 32.4 Å². The molecule has 0 saturated carbocycles. The first kappa shape index (κ1) is 12.1. The Balaban J connectivity index is 2.24. The molecule has 0 bridgehead atoms. The fourth-order valence-corrected chi connectivity index (χ4v) is 1.51. The van der Waals surface area contributed by atoms with Gasteiger partial charge in [-0.3, -0.25) is 0 Å². The largest absolute Gasteiger partial charge is 0.385 e. The van der Waals surface area contributed by atoms with Crippen LogP contribution in [0.3, 0.4) is 0 Å². The standard InChI is InChI=1S/C13H21NO/c1-3-12-7-6-8-13(11-12)14-9-4-5-10-15-2/h6-8,11,14H,3-5,9-10H2,1-2H3. The van der Waals surface area contributed by atoms with Gasteiger partial charge in [0.25, 0.3) is 0 Å². The summed E-state index contributed by atoms with van der Waals surface area (Å²) in [5, 5.41) is 3.42. The number of benzene rings is 1. The Hall–Kier alpha value is -1.02. The zero-order chi connectivity index (χ0) is 10.9. The van der Waals surface area contributed by atoms with Gasteiger partial charge >= 0.3 is 0 Å². The SMILES string of the molecule is CCc1cccc(NCCCCOC)c1. The Morgan fingerprint density at radius 1 is 1.27 bits per heavy atom. The van der Waals surface area contributed by atoms with Crippen LogP contribution in [0, 0.1) is 0 Å². The van der Waals surface area contributed by atoms with Gasteiger partial charge in [-0.1, -0.05) is 19.1 Å². The fourth-order valence-electron chi connectivity index (χ4n) is 1.51. The average molecular weight is 207 g/mol. The molecule has 1 aromatic rings. The number of methoxy groups -OCH3 is 1. The van der Waals surface area contributed by atoms with Crippen molar-refractivity contribution in [3.05, 3.63) is 29.8 Å². The predicted molar refractivity (Wildman–Crippen MR) is 65.4 cm³/mol. The van der Waals surface area contributed by atoms with Gasteiger partial charge in [0, 0.05) is 25.9 Å². The van der Waals surface area contributed by atoms with Crippen LogP contribution in [0.1, 0.15) is 25.3 Å². The van der Waals surface area contributed by atoms with Gasteiger partial charge < -0.3 is 10.1 Å². The van der Waals surface area contributed by atoms with Crippen molar-refractivity contribution in [2.24, 2.45) is 0 Å². The third-order valence-electron chi connectivity index (χ3n) is 2.44. The second-order valence-corrected chi connectivity index (χ2v) is 3.68. The summed E-state index contributed by atoms with van der Waals surface area (Å²) in [5.74, 6) is 0. The molecule has 1 N–H and O–H groups in total. The number of anilines is 1. The van der Waals surface area contributed by atoms with E-state index >= 15 is 0 Å². The van der Waals surface area contributed by atoms with Gasteiger partial charge in [-0.15, -0.1) is 0 Å². The van der Waals surface area contributed by atoms with Crippen LogP contribution in [-0.2, 0) is 11.2 Å². The Kier molecular flexibility index (Phi) is 5.86. The minimum atomic E-state index is 0.858. The smallest absolute Gasteiger partial charge is 0.0462 e. The first-order valence-electron chi connectivity index (χ1n) is 5.68. The zero-order valence-electron chi connectivity index (χ0n) is 9.75. The highest BCUT2D eigenvalue weighted by molar-refractivity contribution is 5.45. The first-order valence-corrected chi connectivity index (χ1v) is 5.68. The summed E-state index contributed by atoms with van der Waals surface area (Å²) in [6.07, 6.45) is 3.38. The molecule has 0 unspecified atom stereocenters. The molecule has 0 heterocycles. The molecule has 1 rings (SSSR count). The summed E-state index contributed by atoms with van der Waals surface area (Å²) in [6, 6.07) is 8.61. The summed E-state index contributed by atoms with van der Waals surface area (Å²) in [5.41, 5.74) is 2.61. The number of ether oxygens (including phenoxy) is 1. The summed E-state index contributed by atoms with van der Waals surface area (Å²) in [6.45, 7) is 4.06. The normalized spacial score (nSPS) is 10.3. The van der Waals surface area contributed by atoms with E-state index in [1.54, 1.807) is 7.11 Å². The molecule has 0 aliphatic heterocycles. The van der Waals surface area contributed by atoms with E-state index in [2.05, 4.69) is 36.5 Å². The van der Waals surface area contributed by atoms with Crippen LogP contribution in [0.15, 0.2) is 24.3 Å². The van der Waals surface area contributed by atoms with Gasteiger partial charge in [-0.25, -0.2) is 0 Å². The van der Waals surface area contributed by atoms with Crippen molar-refractivity contribution in [2.75, 3.05) is 25.6 Å². The van der Waals surface area contributed by atoms with E-state index in [-0.39, 0.29) is 0 Å². The quantitative estimate of drug-likeness (QED) is 0.694. The molecule has 0 saturated heterocycles. The van der Waals surface area contributed by atoms with Gasteiger partial charge in [-0.05, 0) is 37.0 Å². The molecule has 0 aromatic heterocycles. The number of hydrogen-bond acceptors (Lipinski definition) is 2. The monoisotopic (exact) mass is 207 g/mol. The van der Waals surface area contributed by atoms with Crippen molar-refractivity contribution in [3.8, 4) is 0 Å². The van der Waals surface area contributed by atoms with Crippen LogP contribution >= 0.6 is 0 Å². The average Bonchev–Trinajstić information content (AvgIpc) is 2.29. The van der Waals surface area contributed by atoms with Crippen molar-refractivity contribution < 1.29 is 4.74 Å². The number of nitrogens with one attached hydrogen (secondary N) is 1. The van der Waals surface area contributed by atoms with Crippen molar-refractivity contribution in [1.82, 2.24) is 0 Å². The van der Waals surface area contributed by atoms with Crippen molar-refractivity contribution in [3.63, 3.8) is 0 Å². The van der Waals surface area contributed by atoms with Gasteiger partial charge in [0.05, 0.1) is 0 Å². The third-order valence-corrected chi connectivity index (χ3v) is 2.44. The first-order chi connectivity index (χ1) is 7.36. The second-order valence-electron chi connectivity index (χ2n) is 3.68. The van der Waals surface area contributed by atoms with Gasteiger partial charge in [0.15, 0.2) is 0 Å². The topological polar surface area (TPSA) is 21.3 Å². The van der Waals surface area contributed by atoms with E-state index in [0.29, 0.717) is 0 Å². The molecular formula is C13H21NO. The Bertz CT molecular complexity index is 273. The Morgan fingerprint density at radius 3 is 2.87 bits per heavy atom. The molecule has 0 atom stereocenters. The second kappa shape index (κ2) is 7.30. The van der Waals surface area contributed by atoms with Crippen molar-refractivity contribution in [1.29, 1.82) is 0 Å². The van der Waals surface area contributed by atoms with E-state index in [9.17, 15) is 0 Å². The lowest BCUT2D eigenvalue weighted by atomic mass is 10.1. The molecule has 2 heteroatoms. The lowest BCUT2D eigenvalue weighted by molar-refractivity contribution is 0.194. The van der Waals surface area contributed by atoms with Crippen LogP contribution in [-0.4, -0.2) is 20.3 Å². The van der Waals surface area contributed by atoms with Gasteiger partial charge in [-0.2, -0.15) is 0 Å². The maximum atomic E-state index is 5.00. The summed E-state index contributed by atoms with van der Waals surface area (Å²) in [4.78, 5) is 0. The minimum Gasteiger partial charge on any atom is -0.385 e. The molecule has 84 valence electrons. The number of aryl methyl sites for hydroxylation is 1. The zero-order valence-corrected chi connectivity index (χ0v) is 9.75. The highest BCUT2D eigenvalue weighted by Crippen LogP contribution is 2.10. The molecular weight excluding hydrogens is 186 g/mol. The van der Waals surface area contributed by atoms with Gasteiger partial charge in [0.1, 0.15) is 0 Å². The van der Waals surface area contributed by atoms with Gasteiger partial charge in [0.2, 0.25) is 0 Å². The molecule has 1 aromatic carbocycles. The van der Waals surface area contributed by atoms with Crippen LogP contribution in [0.5, 0.6) is 0 Å². The third kappa shape index (κ3) is 4.84. The van der Waals surface area contributed by atoms with E-state index < -0.39 is 0 Å². The van der Waals surface area contributed by atoms with Crippen LogP contribution < -0.4 is 5.32 Å². The van der Waals surface area contributed by atoms with E-state index in [1.807, 2.05) is 0 Å².